The minimum absolute atomic E-state index is 0.246. The van der Waals surface area contributed by atoms with E-state index in [4.69, 9.17) is 19.9 Å². The second kappa shape index (κ2) is 7.97. The average molecular weight is 191 g/mol. The van der Waals surface area contributed by atoms with E-state index in [1.165, 1.54) is 0 Å². The molecule has 0 heterocycles. The van der Waals surface area contributed by atoms with Gasteiger partial charge < -0.3 is 19.9 Å². The van der Waals surface area contributed by atoms with Crippen LogP contribution in [0.2, 0.25) is 0 Å². The standard InChI is InChI=1S/C8H17NO4/c1-11-4-3-7(9)8(10)13-6-5-12-2/h7H,3-6,9H2,1-2H3. The van der Waals surface area contributed by atoms with E-state index >= 15 is 0 Å². The van der Waals surface area contributed by atoms with Crippen molar-refractivity contribution in [2.24, 2.45) is 5.73 Å². The molecule has 2 N–H and O–H groups in total. The molecule has 0 bridgehead atoms. The van der Waals surface area contributed by atoms with Gasteiger partial charge in [-0.15, -0.1) is 0 Å². The second-order valence-corrected chi connectivity index (χ2v) is 2.55. The first kappa shape index (κ1) is 12.3. The summed E-state index contributed by atoms with van der Waals surface area (Å²) >= 11 is 0. The van der Waals surface area contributed by atoms with E-state index < -0.39 is 12.0 Å². The number of carbonyl (C=O) groups excluding carboxylic acids is 1. The summed E-state index contributed by atoms with van der Waals surface area (Å²) in [4.78, 5) is 11.1. The van der Waals surface area contributed by atoms with Gasteiger partial charge in [0.25, 0.3) is 0 Å². The van der Waals surface area contributed by atoms with Crippen LogP contribution in [0.3, 0.4) is 0 Å². The minimum atomic E-state index is -0.600. The third-order valence-electron chi connectivity index (χ3n) is 1.47. The van der Waals surface area contributed by atoms with E-state index in [0.29, 0.717) is 19.6 Å². The van der Waals surface area contributed by atoms with Crippen LogP contribution in [0.25, 0.3) is 0 Å². The van der Waals surface area contributed by atoms with Gasteiger partial charge in [0, 0.05) is 20.8 Å². The lowest BCUT2D eigenvalue weighted by Gasteiger charge is -2.10. The molecule has 0 rings (SSSR count). The Kier molecular flexibility index (Phi) is 7.57. The van der Waals surface area contributed by atoms with Crippen LogP contribution >= 0.6 is 0 Å². The molecule has 5 nitrogen and oxygen atoms in total. The van der Waals surface area contributed by atoms with Crippen LogP contribution in [-0.4, -0.2) is 46.1 Å². The number of methoxy groups -OCH3 is 2. The van der Waals surface area contributed by atoms with E-state index in [9.17, 15) is 4.79 Å². The zero-order valence-corrected chi connectivity index (χ0v) is 8.12. The Labute approximate surface area is 78.1 Å². The highest BCUT2D eigenvalue weighted by molar-refractivity contribution is 5.75. The van der Waals surface area contributed by atoms with Crippen LogP contribution in [0.5, 0.6) is 0 Å². The highest BCUT2D eigenvalue weighted by Gasteiger charge is 2.13. The van der Waals surface area contributed by atoms with Gasteiger partial charge in [-0.2, -0.15) is 0 Å². The monoisotopic (exact) mass is 191 g/mol. The van der Waals surface area contributed by atoms with Crippen molar-refractivity contribution in [2.45, 2.75) is 12.5 Å². The Morgan fingerprint density at radius 1 is 1.23 bits per heavy atom. The number of esters is 1. The van der Waals surface area contributed by atoms with Crippen molar-refractivity contribution in [1.82, 2.24) is 0 Å². The predicted octanol–water partition coefficient (Wildman–Crippen LogP) is -0.460. The van der Waals surface area contributed by atoms with Crippen LogP contribution in [0, 0.1) is 0 Å². The third-order valence-corrected chi connectivity index (χ3v) is 1.47. The molecule has 1 unspecified atom stereocenters. The van der Waals surface area contributed by atoms with Gasteiger partial charge in [0.05, 0.1) is 6.61 Å². The number of hydrogen-bond donors (Lipinski definition) is 1. The Morgan fingerprint density at radius 3 is 2.38 bits per heavy atom. The molecule has 0 amide bonds. The summed E-state index contributed by atoms with van der Waals surface area (Å²) in [6, 6.07) is -0.600. The topological polar surface area (TPSA) is 70.8 Å². The molecule has 0 aliphatic heterocycles. The van der Waals surface area contributed by atoms with Crippen LogP contribution < -0.4 is 5.73 Å². The number of rotatable bonds is 7. The maximum absolute atomic E-state index is 11.1. The zero-order valence-electron chi connectivity index (χ0n) is 8.12. The van der Waals surface area contributed by atoms with Crippen LogP contribution in [0.15, 0.2) is 0 Å². The smallest absolute Gasteiger partial charge is 0.323 e. The summed E-state index contributed by atoms with van der Waals surface area (Å²) in [5.74, 6) is -0.408. The summed E-state index contributed by atoms with van der Waals surface area (Å²) in [7, 11) is 3.10. The molecule has 0 aliphatic rings. The Hall–Kier alpha value is -0.650. The SMILES string of the molecule is COCCOC(=O)C(N)CCOC. The first-order chi connectivity index (χ1) is 6.22. The highest BCUT2D eigenvalue weighted by atomic mass is 16.6. The van der Waals surface area contributed by atoms with Crippen molar-refractivity contribution in [3.8, 4) is 0 Å². The van der Waals surface area contributed by atoms with Gasteiger partial charge in [-0.3, -0.25) is 4.79 Å². The fourth-order valence-electron chi connectivity index (χ4n) is 0.695. The number of hydrogen-bond acceptors (Lipinski definition) is 5. The summed E-state index contributed by atoms with van der Waals surface area (Å²) < 4.78 is 14.3. The van der Waals surface area contributed by atoms with Crippen LogP contribution in [0.1, 0.15) is 6.42 Å². The minimum Gasteiger partial charge on any atom is -0.462 e. The second-order valence-electron chi connectivity index (χ2n) is 2.55. The molecule has 0 saturated carbocycles. The summed E-state index contributed by atoms with van der Waals surface area (Å²) in [5.41, 5.74) is 5.49. The number of nitrogens with two attached hydrogens (primary N) is 1. The number of carbonyl (C=O) groups is 1. The molecule has 78 valence electrons. The lowest BCUT2D eigenvalue weighted by atomic mass is 10.2. The first-order valence-electron chi connectivity index (χ1n) is 4.12. The number of ether oxygens (including phenoxy) is 3. The van der Waals surface area contributed by atoms with Crippen LogP contribution in [0.4, 0.5) is 0 Å². The lowest BCUT2D eigenvalue weighted by Crippen LogP contribution is -2.34. The van der Waals surface area contributed by atoms with Gasteiger partial charge in [-0.05, 0) is 6.42 Å². The van der Waals surface area contributed by atoms with Crippen molar-refractivity contribution in [1.29, 1.82) is 0 Å². The van der Waals surface area contributed by atoms with Crippen molar-refractivity contribution >= 4 is 5.97 Å². The van der Waals surface area contributed by atoms with Crippen molar-refractivity contribution in [3.05, 3.63) is 0 Å². The maximum atomic E-state index is 11.1. The quantitative estimate of drug-likeness (QED) is 0.435. The predicted molar refractivity (Wildman–Crippen MR) is 47.3 cm³/mol. The van der Waals surface area contributed by atoms with Gasteiger partial charge >= 0.3 is 5.97 Å². The van der Waals surface area contributed by atoms with E-state index in [2.05, 4.69) is 0 Å². The molecule has 0 aromatic heterocycles. The van der Waals surface area contributed by atoms with E-state index in [0.717, 1.165) is 0 Å². The van der Waals surface area contributed by atoms with E-state index in [1.807, 2.05) is 0 Å². The average Bonchev–Trinajstić information content (AvgIpc) is 2.14. The molecule has 13 heavy (non-hydrogen) atoms. The molecule has 0 aromatic carbocycles. The zero-order chi connectivity index (χ0) is 10.1. The lowest BCUT2D eigenvalue weighted by molar-refractivity contribution is -0.146. The molecular weight excluding hydrogens is 174 g/mol. The molecule has 5 heteroatoms. The van der Waals surface area contributed by atoms with Gasteiger partial charge in [0.1, 0.15) is 12.6 Å². The molecule has 0 aromatic rings. The Bertz CT molecular complexity index is 140. The third kappa shape index (κ3) is 6.51. The highest BCUT2D eigenvalue weighted by Crippen LogP contribution is 1.92. The molecule has 0 fully saturated rings. The van der Waals surface area contributed by atoms with Crippen molar-refractivity contribution in [2.75, 3.05) is 34.0 Å². The molecule has 0 spiro atoms. The Morgan fingerprint density at radius 2 is 1.85 bits per heavy atom. The summed E-state index contributed by atoms with van der Waals surface area (Å²) in [6.45, 7) is 1.10. The van der Waals surface area contributed by atoms with Gasteiger partial charge in [0.15, 0.2) is 0 Å². The van der Waals surface area contributed by atoms with Gasteiger partial charge in [-0.25, -0.2) is 0 Å². The fraction of sp³-hybridized carbons (Fsp3) is 0.875. The van der Waals surface area contributed by atoms with Crippen LogP contribution in [-0.2, 0) is 19.0 Å². The van der Waals surface area contributed by atoms with Gasteiger partial charge in [-0.1, -0.05) is 0 Å². The first-order valence-corrected chi connectivity index (χ1v) is 4.12. The van der Waals surface area contributed by atoms with E-state index in [1.54, 1.807) is 14.2 Å². The van der Waals surface area contributed by atoms with Crippen molar-refractivity contribution < 1.29 is 19.0 Å². The molecule has 0 radical (unpaired) electrons. The van der Waals surface area contributed by atoms with Crippen molar-refractivity contribution in [3.63, 3.8) is 0 Å². The Balaban J connectivity index is 3.45. The van der Waals surface area contributed by atoms with Gasteiger partial charge in [0.2, 0.25) is 0 Å². The summed E-state index contributed by atoms with van der Waals surface area (Å²) in [6.07, 6.45) is 0.475. The summed E-state index contributed by atoms with van der Waals surface area (Å²) in [5, 5.41) is 0. The molecule has 0 saturated heterocycles. The fourth-order valence-corrected chi connectivity index (χ4v) is 0.695. The van der Waals surface area contributed by atoms with E-state index in [-0.39, 0.29) is 6.61 Å². The maximum Gasteiger partial charge on any atom is 0.323 e. The largest absolute Gasteiger partial charge is 0.462 e. The molecule has 0 aliphatic carbocycles. The molecular formula is C8H17NO4. The normalized spacial score (nSPS) is 12.5. The molecule has 1 atom stereocenters.